The fourth-order valence-corrected chi connectivity index (χ4v) is 3.12. The Kier molecular flexibility index (Phi) is 8.80. The van der Waals surface area contributed by atoms with Crippen molar-refractivity contribution in [2.45, 2.75) is 25.0 Å². The summed E-state index contributed by atoms with van der Waals surface area (Å²) in [4.78, 5) is 14.4. The van der Waals surface area contributed by atoms with Crippen molar-refractivity contribution in [1.29, 1.82) is 0 Å². The van der Waals surface area contributed by atoms with E-state index < -0.39 is 0 Å². The lowest BCUT2D eigenvalue weighted by Crippen LogP contribution is -2.50. The molecule has 3 N–H and O–H groups in total. The highest BCUT2D eigenvalue weighted by atomic mass is 35.5. The molecule has 1 aromatic carbocycles. The van der Waals surface area contributed by atoms with Crippen molar-refractivity contribution < 1.29 is 14.3 Å². The van der Waals surface area contributed by atoms with Gasteiger partial charge in [-0.1, -0.05) is 11.6 Å². The van der Waals surface area contributed by atoms with Crippen molar-refractivity contribution in [2.24, 2.45) is 5.73 Å². The van der Waals surface area contributed by atoms with Crippen LogP contribution in [-0.4, -0.2) is 56.8 Å². The van der Waals surface area contributed by atoms with Gasteiger partial charge in [0.15, 0.2) is 0 Å². The van der Waals surface area contributed by atoms with Crippen LogP contribution in [0.3, 0.4) is 0 Å². The van der Waals surface area contributed by atoms with Crippen LogP contribution in [0.5, 0.6) is 5.75 Å². The van der Waals surface area contributed by atoms with Gasteiger partial charge in [-0.05, 0) is 31.0 Å². The minimum Gasteiger partial charge on any atom is -0.495 e. The maximum Gasteiger partial charge on any atom is 0.238 e. The van der Waals surface area contributed by atoms with Crippen LogP contribution in [0, 0.1) is 0 Å². The molecule has 0 saturated carbocycles. The molecule has 1 aliphatic rings. The Morgan fingerprint density at radius 3 is 2.79 bits per heavy atom. The van der Waals surface area contributed by atoms with E-state index in [0.717, 1.165) is 19.4 Å². The zero-order valence-electron chi connectivity index (χ0n) is 14.0. The van der Waals surface area contributed by atoms with E-state index in [0.29, 0.717) is 29.5 Å². The van der Waals surface area contributed by atoms with E-state index in [2.05, 4.69) is 10.2 Å². The van der Waals surface area contributed by atoms with Crippen LogP contribution < -0.4 is 15.8 Å². The number of nitrogens with one attached hydrogen (secondary N) is 1. The molecule has 1 saturated heterocycles. The number of nitrogens with two attached hydrogens (primary N) is 1. The maximum absolute atomic E-state index is 12.3. The van der Waals surface area contributed by atoms with Crippen molar-refractivity contribution in [3.8, 4) is 5.75 Å². The van der Waals surface area contributed by atoms with E-state index in [1.165, 1.54) is 0 Å². The number of rotatable bonds is 6. The van der Waals surface area contributed by atoms with Crippen LogP contribution in [-0.2, 0) is 9.53 Å². The van der Waals surface area contributed by atoms with E-state index in [1.807, 2.05) is 0 Å². The molecule has 0 aromatic heterocycles. The Balaban J connectivity index is 0.00000288. The fourth-order valence-electron chi connectivity index (χ4n) is 2.86. The second kappa shape index (κ2) is 10.1. The van der Waals surface area contributed by atoms with Gasteiger partial charge in [0, 0.05) is 31.9 Å². The van der Waals surface area contributed by atoms with Crippen molar-refractivity contribution in [3.05, 3.63) is 23.2 Å². The molecule has 1 aliphatic heterocycles. The Hall–Kier alpha value is -1.05. The summed E-state index contributed by atoms with van der Waals surface area (Å²) in [5.74, 6) is 0.495. The number of ether oxygens (including phenoxy) is 2. The lowest BCUT2D eigenvalue weighted by Gasteiger charge is -2.37. The van der Waals surface area contributed by atoms with E-state index in [-0.39, 0.29) is 30.5 Å². The number of halogens is 2. The third-order valence-electron chi connectivity index (χ3n) is 4.18. The van der Waals surface area contributed by atoms with E-state index in [4.69, 9.17) is 26.8 Å². The van der Waals surface area contributed by atoms with Gasteiger partial charge in [-0.3, -0.25) is 9.69 Å². The molecule has 8 heteroatoms. The molecule has 0 radical (unpaired) electrons. The number of nitrogens with zero attached hydrogens (tertiary/aromatic N) is 1. The number of likely N-dealkylation sites (tertiary alicyclic amines) is 1. The summed E-state index contributed by atoms with van der Waals surface area (Å²) in [6.45, 7) is 1.63. The van der Waals surface area contributed by atoms with E-state index >= 15 is 0 Å². The maximum atomic E-state index is 12.3. The molecule has 1 heterocycles. The molecule has 0 bridgehead atoms. The first-order valence-electron chi connectivity index (χ1n) is 7.67. The quantitative estimate of drug-likeness (QED) is 0.793. The van der Waals surface area contributed by atoms with Gasteiger partial charge in [-0.2, -0.15) is 0 Å². The van der Waals surface area contributed by atoms with Crippen LogP contribution >= 0.6 is 24.0 Å². The molecule has 0 aliphatic carbocycles. The molecule has 6 nitrogen and oxygen atoms in total. The molecule has 1 fully saturated rings. The lowest BCUT2D eigenvalue weighted by molar-refractivity contribution is -0.118. The number of carbonyl (C=O) groups excluding carboxylic acids is 1. The summed E-state index contributed by atoms with van der Waals surface area (Å²) < 4.78 is 10.5. The first-order valence-corrected chi connectivity index (χ1v) is 8.05. The smallest absolute Gasteiger partial charge is 0.238 e. The predicted octanol–water partition coefficient (Wildman–Crippen LogP) is 2.15. The molecule has 2 unspecified atom stereocenters. The third-order valence-corrected chi connectivity index (χ3v) is 4.47. The number of benzene rings is 1. The topological polar surface area (TPSA) is 76.8 Å². The third kappa shape index (κ3) is 5.50. The minimum absolute atomic E-state index is 0. The SMILES string of the molecule is COc1ccc(NC(=O)CN2CCC(OC)CC2CN)cc1Cl.Cl. The van der Waals surface area contributed by atoms with Crippen LogP contribution in [0.2, 0.25) is 5.02 Å². The van der Waals surface area contributed by atoms with Gasteiger partial charge in [0.05, 0.1) is 24.8 Å². The molecular formula is C16H25Cl2N3O3. The molecule has 1 aromatic rings. The monoisotopic (exact) mass is 377 g/mol. The molecular weight excluding hydrogens is 353 g/mol. The first-order chi connectivity index (χ1) is 11.1. The number of hydrogen-bond donors (Lipinski definition) is 2. The zero-order chi connectivity index (χ0) is 16.8. The van der Waals surface area contributed by atoms with Crippen molar-refractivity contribution in [2.75, 3.05) is 39.2 Å². The van der Waals surface area contributed by atoms with Gasteiger partial charge in [-0.25, -0.2) is 0 Å². The average Bonchev–Trinajstić information content (AvgIpc) is 2.55. The van der Waals surface area contributed by atoms with Crippen LogP contribution in [0.15, 0.2) is 18.2 Å². The number of methoxy groups -OCH3 is 2. The second-order valence-electron chi connectivity index (χ2n) is 5.64. The zero-order valence-corrected chi connectivity index (χ0v) is 15.5. The van der Waals surface area contributed by atoms with Gasteiger partial charge in [0.1, 0.15) is 5.75 Å². The van der Waals surface area contributed by atoms with Crippen molar-refractivity contribution in [3.63, 3.8) is 0 Å². The van der Waals surface area contributed by atoms with Gasteiger partial charge in [-0.15, -0.1) is 12.4 Å². The normalized spacial score (nSPS) is 21.0. The highest BCUT2D eigenvalue weighted by molar-refractivity contribution is 6.32. The Labute approximate surface area is 154 Å². The van der Waals surface area contributed by atoms with Gasteiger partial charge >= 0.3 is 0 Å². The molecule has 24 heavy (non-hydrogen) atoms. The van der Waals surface area contributed by atoms with Gasteiger partial charge < -0.3 is 20.5 Å². The highest BCUT2D eigenvalue weighted by Crippen LogP contribution is 2.27. The van der Waals surface area contributed by atoms with E-state index in [9.17, 15) is 4.79 Å². The van der Waals surface area contributed by atoms with Crippen LogP contribution in [0.25, 0.3) is 0 Å². The number of carbonyl (C=O) groups is 1. The molecule has 2 atom stereocenters. The van der Waals surface area contributed by atoms with E-state index in [1.54, 1.807) is 32.4 Å². The Bertz CT molecular complexity index is 545. The summed E-state index contributed by atoms with van der Waals surface area (Å²) in [5.41, 5.74) is 6.48. The number of hydrogen-bond acceptors (Lipinski definition) is 5. The first kappa shape index (κ1) is 21.0. The summed E-state index contributed by atoms with van der Waals surface area (Å²) in [6.07, 6.45) is 1.99. The largest absolute Gasteiger partial charge is 0.495 e. The summed E-state index contributed by atoms with van der Waals surface area (Å²) >= 11 is 6.07. The highest BCUT2D eigenvalue weighted by Gasteiger charge is 2.28. The molecule has 136 valence electrons. The van der Waals surface area contributed by atoms with Crippen molar-refractivity contribution >= 4 is 35.6 Å². The Morgan fingerprint density at radius 2 is 2.21 bits per heavy atom. The number of anilines is 1. The van der Waals surface area contributed by atoms with Gasteiger partial charge in [0.25, 0.3) is 0 Å². The standard InChI is InChI=1S/C16H24ClN3O3.ClH/c1-22-13-5-6-20(12(8-13)9-18)10-16(21)19-11-3-4-15(23-2)14(17)7-11;/h3-4,7,12-13H,5-6,8-10,18H2,1-2H3,(H,19,21);1H. The summed E-state index contributed by atoms with van der Waals surface area (Å²) in [6, 6.07) is 5.33. The number of amides is 1. The minimum atomic E-state index is -0.0828. The second-order valence-corrected chi connectivity index (χ2v) is 6.05. The molecule has 0 spiro atoms. The predicted molar refractivity (Wildman–Crippen MR) is 98.3 cm³/mol. The molecule has 1 amide bonds. The Morgan fingerprint density at radius 1 is 1.46 bits per heavy atom. The number of piperidine rings is 1. The van der Waals surface area contributed by atoms with Crippen LogP contribution in [0.1, 0.15) is 12.8 Å². The van der Waals surface area contributed by atoms with Crippen molar-refractivity contribution in [1.82, 2.24) is 4.90 Å². The fraction of sp³-hybridized carbons (Fsp3) is 0.562. The summed E-state index contributed by atoms with van der Waals surface area (Å²) in [5, 5.41) is 3.32. The average molecular weight is 378 g/mol. The lowest BCUT2D eigenvalue weighted by atomic mass is 9.99. The molecule has 2 rings (SSSR count). The summed E-state index contributed by atoms with van der Waals surface area (Å²) in [7, 11) is 3.27. The van der Waals surface area contributed by atoms with Gasteiger partial charge in [0.2, 0.25) is 5.91 Å². The van der Waals surface area contributed by atoms with Crippen LogP contribution in [0.4, 0.5) is 5.69 Å².